The minimum Gasteiger partial charge on any atom is -0.493 e. The summed E-state index contributed by atoms with van der Waals surface area (Å²) < 4.78 is 10.6. The normalized spacial score (nSPS) is 10.4. The maximum absolute atomic E-state index is 5.28. The predicted molar refractivity (Wildman–Crippen MR) is 58.4 cm³/mol. The molecule has 1 aromatic rings. The van der Waals surface area contributed by atoms with Crippen LogP contribution >= 0.6 is 0 Å². The molecule has 0 aliphatic carbocycles. The van der Waals surface area contributed by atoms with Gasteiger partial charge in [-0.1, -0.05) is 19.9 Å². The molecule has 0 radical (unpaired) electrons. The molecule has 0 spiro atoms. The van der Waals surface area contributed by atoms with E-state index in [2.05, 4.69) is 19.9 Å². The van der Waals surface area contributed by atoms with Gasteiger partial charge in [0.2, 0.25) is 0 Å². The molecule has 0 saturated carbocycles. The van der Waals surface area contributed by atoms with E-state index in [1.165, 1.54) is 5.56 Å². The summed E-state index contributed by atoms with van der Waals surface area (Å²) in [6, 6.07) is 4.18. The van der Waals surface area contributed by atoms with Crippen LogP contribution in [0, 0.1) is 6.92 Å². The molecule has 2 heteroatoms. The van der Waals surface area contributed by atoms with Gasteiger partial charge in [-0.2, -0.15) is 0 Å². The van der Waals surface area contributed by atoms with Crippen LogP contribution in [0.15, 0.2) is 12.1 Å². The van der Waals surface area contributed by atoms with Gasteiger partial charge in [0, 0.05) is 0 Å². The van der Waals surface area contributed by atoms with Crippen LogP contribution in [0.2, 0.25) is 0 Å². The lowest BCUT2D eigenvalue weighted by Crippen LogP contribution is -1.96. The van der Waals surface area contributed by atoms with Crippen LogP contribution in [0.4, 0.5) is 0 Å². The molecule has 1 aromatic carbocycles. The Hall–Kier alpha value is -1.18. The maximum Gasteiger partial charge on any atom is 0.163 e. The smallest absolute Gasteiger partial charge is 0.163 e. The number of aryl methyl sites for hydroxylation is 1. The molecule has 1 rings (SSSR count). The van der Waals surface area contributed by atoms with Crippen molar-refractivity contribution < 1.29 is 9.47 Å². The summed E-state index contributed by atoms with van der Waals surface area (Å²) in [5, 5.41) is 0. The SMILES string of the molecule is COc1cc(C(C)C)cc(C)c1OC. The van der Waals surface area contributed by atoms with Crippen molar-refractivity contribution in [1.29, 1.82) is 0 Å². The van der Waals surface area contributed by atoms with Gasteiger partial charge in [-0.3, -0.25) is 0 Å². The molecule has 0 bridgehead atoms. The number of rotatable bonds is 3. The number of hydrogen-bond donors (Lipinski definition) is 0. The van der Waals surface area contributed by atoms with Crippen molar-refractivity contribution in [2.75, 3.05) is 14.2 Å². The van der Waals surface area contributed by atoms with E-state index in [0.29, 0.717) is 5.92 Å². The molecule has 14 heavy (non-hydrogen) atoms. The highest BCUT2D eigenvalue weighted by molar-refractivity contribution is 5.49. The monoisotopic (exact) mass is 194 g/mol. The Morgan fingerprint density at radius 3 is 2.14 bits per heavy atom. The third-order valence-corrected chi connectivity index (χ3v) is 2.35. The van der Waals surface area contributed by atoms with Crippen molar-refractivity contribution in [2.24, 2.45) is 0 Å². The minimum atomic E-state index is 0.508. The van der Waals surface area contributed by atoms with Gasteiger partial charge in [0.1, 0.15) is 0 Å². The Bertz CT molecular complexity index is 316. The first-order valence-electron chi connectivity index (χ1n) is 4.82. The molecule has 0 heterocycles. The lowest BCUT2D eigenvalue weighted by Gasteiger charge is -2.14. The Morgan fingerprint density at radius 1 is 1.07 bits per heavy atom. The fraction of sp³-hybridized carbons (Fsp3) is 0.500. The average Bonchev–Trinajstić information content (AvgIpc) is 2.16. The lowest BCUT2D eigenvalue weighted by molar-refractivity contribution is 0.352. The van der Waals surface area contributed by atoms with Gasteiger partial charge in [0.05, 0.1) is 14.2 Å². The summed E-state index contributed by atoms with van der Waals surface area (Å²) in [5.74, 6) is 2.15. The zero-order chi connectivity index (χ0) is 10.7. The van der Waals surface area contributed by atoms with Crippen LogP contribution < -0.4 is 9.47 Å². The van der Waals surface area contributed by atoms with E-state index in [1.54, 1.807) is 14.2 Å². The third-order valence-electron chi connectivity index (χ3n) is 2.35. The largest absolute Gasteiger partial charge is 0.493 e. The van der Waals surface area contributed by atoms with E-state index >= 15 is 0 Å². The Morgan fingerprint density at radius 2 is 1.71 bits per heavy atom. The Balaban J connectivity index is 3.24. The van der Waals surface area contributed by atoms with Crippen molar-refractivity contribution in [2.45, 2.75) is 26.7 Å². The highest BCUT2D eigenvalue weighted by atomic mass is 16.5. The second-order valence-electron chi connectivity index (χ2n) is 3.73. The van der Waals surface area contributed by atoms with Crippen molar-refractivity contribution >= 4 is 0 Å². The van der Waals surface area contributed by atoms with Gasteiger partial charge in [-0.25, -0.2) is 0 Å². The first kappa shape index (κ1) is 10.9. The molecule has 0 aliphatic rings. The van der Waals surface area contributed by atoms with Crippen LogP contribution in [0.3, 0.4) is 0 Å². The van der Waals surface area contributed by atoms with Gasteiger partial charge in [-0.05, 0) is 30.0 Å². The quantitative estimate of drug-likeness (QED) is 0.736. The molecule has 2 nitrogen and oxygen atoms in total. The molecular weight excluding hydrogens is 176 g/mol. The average molecular weight is 194 g/mol. The standard InChI is InChI=1S/C12H18O2/c1-8(2)10-6-9(3)12(14-5)11(7-10)13-4/h6-8H,1-5H3. The maximum atomic E-state index is 5.28. The van der Waals surface area contributed by atoms with Crippen LogP contribution in [0.25, 0.3) is 0 Å². The van der Waals surface area contributed by atoms with Gasteiger partial charge in [0.25, 0.3) is 0 Å². The molecule has 0 unspecified atom stereocenters. The van der Waals surface area contributed by atoms with Gasteiger partial charge in [0.15, 0.2) is 11.5 Å². The summed E-state index contributed by atoms with van der Waals surface area (Å²) >= 11 is 0. The van der Waals surface area contributed by atoms with E-state index in [-0.39, 0.29) is 0 Å². The summed E-state index contributed by atoms with van der Waals surface area (Å²) in [7, 11) is 3.33. The zero-order valence-electron chi connectivity index (χ0n) is 9.55. The molecule has 0 atom stereocenters. The van der Waals surface area contributed by atoms with Crippen molar-refractivity contribution in [3.05, 3.63) is 23.3 Å². The molecule has 0 aromatic heterocycles. The van der Waals surface area contributed by atoms with Crippen LogP contribution in [0.1, 0.15) is 30.9 Å². The first-order valence-corrected chi connectivity index (χ1v) is 4.82. The lowest BCUT2D eigenvalue weighted by atomic mass is 10.00. The molecule has 0 amide bonds. The summed E-state index contributed by atoms with van der Waals surface area (Å²) in [5.41, 5.74) is 2.40. The van der Waals surface area contributed by atoms with Crippen molar-refractivity contribution in [3.8, 4) is 11.5 Å². The zero-order valence-corrected chi connectivity index (χ0v) is 9.55. The van der Waals surface area contributed by atoms with Crippen LogP contribution in [0.5, 0.6) is 11.5 Å². The van der Waals surface area contributed by atoms with Crippen molar-refractivity contribution in [3.63, 3.8) is 0 Å². The Kier molecular flexibility index (Phi) is 3.39. The summed E-state index contributed by atoms with van der Waals surface area (Å²) in [6.07, 6.45) is 0. The van der Waals surface area contributed by atoms with Crippen LogP contribution in [-0.4, -0.2) is 14.2 Å². The van der Waals surface area contributed by atoms with E-state index in [0.717, 1.165) is 17.1 Å². The van der Waals surface area contributed by atoms with Crippen LogP contribution in [-0.2, 0) is 0 Å². The topological polar surface area (TPSA) is 18.5 Å². The molecule has 0 saturated heterocycles. The van der Waals surface area contributed by atoms with E-state index < -0.39 is 0 Å². The number of benzene rings is 1. The minimum absolute atomic E-state index is 0.508. The molecule has 0 aliphatic heterocycles. The van der Waals surface area contributed by atoms with E-state index in [9.17, 15) is 0 Å². The van der Waals surface area contributed by atoms with Crippen molar-refractivity contribution in [1.82, 2.24) is 0 Å². The number of ether oxygens (including phenoxy) is 2. The molecule has 0 fully saturated rings. The van der Waals surface area contributed by atoms with E-state index in [1.807, 2.05) is 13.0 Å². The Labute approximate surface area is 85.8 Å². The summed E-state index contributed by atoms with van der Waals surface area (Å²) in [4.78, 5) is 0. The molecular formula is C12H18O2. The fourth-order valence-electron chi connectivity index (χ4n) is 1.52. The van der Waals surface area contributed by atoms with E-state index in [4.69, 9.17) is 9.47 Å². The highest BCUT2D eigenvalue weighted by Gasteiger charge is 2.10. The number of hydrogen-bond acceptors (Lipinski definition) is 2. The highest BCUT2D eigenvalue weighted by Crippen LogP contribution is 2.34. The summed E-state index contributed by atoms with van der Waals surface area (Å²) in [6.45, 7) is 6.37. The molecule has 78 valence electrons. The second kappa shape index (κ2) is 4.36. The second-order valence-corrected chi connectivity index (χ2v) is 3.73. The van der Waals surface area contributed by atoms with Gasteiger partial charge >= 0.3 is 0 Å². The van der Waals surface area contributed by atoms with Gasteiger partial charge < -0.3 is 9.47 Å². The number of methoxy groups -OCH3 is 2. The molecule has 0 N–H and O–H groups in total. The fourth-order valence-corrected chi connectivity index (χ4v) is 1.52. The predicted octanol–water partition coefficient (Wildman–Crippen LogP) is 3.14. The first-order chi connectivity index (χ1) is 6.60. The third kappa shape index (κ3) is 2.00. The van der Waals surface area contributed by atoms with Gasteiger partial charge in [-0.15, -0.1) is 0 Å².